The number of piperidine rings is 1. The van der Waals surface area contributed by atoms with Gasteiger partial charge in [0.25, 0.3) is 0 Å². The lowest BCUT2D eigenvalue weighted by Crippen LogP contribution is -2.58. The molecule has 2 heterocycles. The maximum atomic E-state index is 13.9. The molecule has 11 nitrogen and oxygen atoms in total. The van der Waals surface area contributed by atoms with Gasteiger partial charge in [0.1, 0.15) is 17.9 Å². The Kier molecular flexibility index (Phi) is 10.1. The highest BCUT2D eigenvalue weighted by Crippen LogP contribution is 2.21. The molecule has 41 heavy (non-hydrogen) atoms. The maximum Gasteiger partial charge on any atom is 0.318 e. The average molecular weight is 564 g/mol. The first-order valence-electron chi connectivity index (χ1n) is 14.0. The molecule has 0 aliphatic carbocycles. The lowest BCUT2D eigenvalue weighted by molar-refractivity contribution is -0.141. The first-order valence-corrected chi connectivity index (χ1v) is 14.0. The number of primary amides is 1. The summed E-state index contributed by atoms with van der Waals surface area (Å²) in [6.07, 6.45) is 0.295. The molecule has 2 fully saturated rings. The topological polar surface area (TPSA) is 162 Å². The number of aliphatic hydroxyl groups excluding tert-OH is 1. The standard InChI is InChI=1S/C30H37N5O6/c31-27(38)26(37)23(18-20-8-3-1-4-9-20)32-28(39)25-12-7-15-35(25)29(40)24(19-21-10-5-2-6-11-21)33-30(41)34-16-13-22(36)14-17-34/h1-6,8-11,23-26,37H,7,12-19H2,(H2,31,38)(H,32,39)(H,33,41)/t23-,24-,25-,26+/m0/s1. The summed E-state index contributed by atoms with van der Waals surface area (Å²) in [5, 5.41) is 16.1. The number of urea groups is 1. The van der Waals surface area contributed by atoms with Crippen LogP contribution in [0.1, 0.15) is 36.8 Å². The Labute approximate surface area is 239 Å². The summed E-state index contributed by atoms with van der Waals surface area (Å²) < 4.78 is 0. The lowest BCUT2D eigenvalue weighted by Gasteiger charge is -2.32. The number of carbonyl (C=O) groups excluding carboxylic acids is 5. The number of nitrogens with two attached hydrogens (primary N) is 1. The van der Waals surface area contributed by atoms with Crippen LogP contribution in [0.2, 0.25) is 0 Å². The van der Waals surface area contributed by atoms with Gasteiger partial charge in [-0.15, -0.1) is 0 Å². The van der Waals surface area contributed by atoms with Crippen LogP contribution in [0.25, 0.3) is 0 Å². The number of nitrogens with one attached hydrogen (secondary N) is 2. The van der Waals surface area contributed by atoms with Gasteiger partial charge < -0.3 is 31.3 Å². The summed E-state index contributed by atoms with van der Waals surface area (Å²) in [5.74, 6) is -1.76. The van der Waals surface area contributed by atoms with E-state index in [1.165, 1.54) is 9.80 Å². The molecule has 2 aliphatic rings. The van der Waals surface area contributed by atoms with Gasteiger partial charge in [-0.25, -0.2) is 4.79 Å². The minimum Gasteiger partial charge on any atom is -0.381 e. The van der Waals surface area contributed by atoms with Crippen molar-refractivity contribution in [2.75, 3.05) is 19.6 Å². The van der Waals surface area contributed by atoms with Crippen LogP contribution in [0, 0.1) is 0 Å². The molecule has 0 bridgehead atoms. The van der Waals surface area contributed by atoms with E-state index in [1.807, 2.05) is 60.7 Å². The van der Waals surface area contributed by atoms with Gasteiger partial charge in [0.15, 0.2) is 6.10 Å². The molecule has 0 saturated carbocycles. The highest BCUT2D eigenvalue weighted by atomic mass is 16.3. The van der Waals surface area contributed by atoms with E-state index >= 15 is 0 Å². The number of amides is 5. The third-order valence-corrected chi connectivity index (χ3v) is 7.62. The predicted octanol–water partition coefficient (Wildman–Crippen LogP) is 0.537. The molecular weight excluding hydrogens is 526 g/mol. The molecule has 2 aromatic rings. The average Bonchev–Trinajstić information content (AvgIpc) is 3.47. The van der Waals surface area contributed by atoms with Crippen molar-refractivity contribution in [3.63, 3.8) is 0 Å². The Morgan fingerprint density at radius 1 is 0.878 bits per heavy atom. The van der Waals surface area contributed by atoms with Crippen molar-refractivity contribution in [1.29, 1.82) is 0 Å². The van der Waals surface area contributed by atoms with Crippen molar-refractivity contribution in [3.05, 3.63) is 71.8 Å². The molecule has 4 atom stereocenters. The summed E-state index contributed by atoms with van der Waals surface area (Å²) in [6, 6.07) is 15.2. The molecule has 0 aromatic heterocycles. The fourth-order valence-corrected chi connectivity index (χ4v) is 5.34. The van der Waals surface area contributed by atoms with Gasteiger partial charge in [-0.3, -0.25) is 19.2 Å². The van der Waals surface area contributed by atoms with Crippen LogP contribution >= 0.6 is 0 Å². The van der Waals surface area contributed by atoms with Gasteiger partial charge in [0, 0.05) is 38.9 Å². The molecular formula is C30H37N5O6. The number of nitrogens with zero attached hydrogens (tertiary/aromatic N) is 2. The Morgan fingerprint density at radius 2 is 1.46 bits per heavy atom. The van der Waals surface area contributed by atoms with E-state index in [-0.39, 0.29) is 44.6 Å². The van der Waals surface area contributed by atoms with Crippen molar-refractivity contribution in [1.82, 2.24) is 20.4 Å². The number of likely N-dealkylation sites (tertiary alicyclic amines) is 2. The summed E-state index contributed by atoms with van der Waals surface area (Å²) in [4.78, 5) is 66.9. The second-order valence-electron chi connectivity index (χ2n) is 10.6. The first kappa shape index (κ1) is 29.7. The molecule has 0 unspecified atom stereocenters. The summed E-state index contributed by atoms with van der Waals surface area (Å²) in [5.41, 5.74) is 6.99. The quantitative estimate of drug-likeness (QED) is 0.330. The SMILES string of the molecule is NC(=O)[C@H](O)[C@H](Cc1ccccc1)NC(=O)[C@@H]1CCCN1C(=O)[C@H](Cc1ccccc1)NC(=O)N1CCC(=O)CC1. The van der Waals surface area contributed by atoms with Crippen LogP contribution in [-0.2, 0) is 32.0 Å². The zero-order valence-corrected chi connectivity index (χ0v) is 22.9. The summed E-state index contributed by atoms with van der Waals surface area (Å²) in [7, 11) is 0. The number of hydrogen-bond acceptors (Lipinski definition) is 6. The number of hydrogen-bond donors (Lipinski definition) is 4. The molecule has 5 N–H and O–H groups in total. The first-order chi connectivity index (χ1) is 19.7. The largest absolute Gasteiger partial charge is 0.381 e. The van der Waals surface area contributed by atoms with Crippen molar-refractivity contribution >= 4 is 29.5 Å². The zero-order chi connectivity index (χ0) is 29.4. The van der Waals surface area contributed by atoms with Crippen molar-refractivity contribution in [2.45, 2.75) is 62.8 Å². The van der Waals surface area contributed by atoms with Crippen molar-refractivity contribution in [3.8, 4) is 0 Å². The molecule has 2 saturated heterocycles. The number of rotatable bonds is 10. The Balaban J connectivity index is 1.49. The van der Waals surface area contributed by atoms with Crippen LogP contribution in [0.15, 0.2) is 60.7 Å². The highest BCUT2D eigenvalue weighted by Gasteiger charge is 2.39. The van der Waals surface area contributed by atoms with E-state index in [1.54, 1.807) is 0 Å². The molecule has 0 spiro atoms. The number of aliphatic hydroxyl groups is 1. The molecule has 218 valence electrons. The van der Waals surface area contributed by atoms with Crippen LogP contribution in [0.4, 0.5) is 4.79 Å². The minimum atomic E-state index is -1.62. The van der Waals surface area contributed by atoms with Gasteiger partial charge in [0.05, 0.1) is 6.04 Å². The Hall–Kier alpha value is -4.25. The second kappa shape index (κ2) is 13.9. The van der Waals surface area contributed by atoms with E-state index in [4.69, 9.17) is 5.73 Å². The molecule has 4 rings (SSSR count). The third-order valence-electron chi connectivity index (χ3n) is 7.62. The Bertz CT molecular complexity index is 1230. The van der Waals surface area contributed by atoms with Crippen LogP contribution in [-0.4, -0.2) is 88.3 Å². The number of Topliss-reactive ketones (excluding diaryl/α,β-unsaturated/α-hetero) is 1. The minimum absolute atomic E-state index is 0.101. The van der Waals surface area contributed by atoms with E-state index < -0.39 is 48.0 Å². The summed E-state index contributed by atoms with van der Waals surface area (Å²) >= 11 is 0. The third kappa shape index (κ3) is 7.91. The fourth-order valence-electron chi connectivity index (χ4n) is 5.34. The van der Waals surface area contributed by atoms with Gasteiger partial charge >= 0.3 is 6.03 Å². The molecule has 2 aromatic carbocycles. The summed E-state index contributed by atoms with van der Waals surface area (Å²) in [6.45, 7) is 0.894. The fraction of sp³-hybridized carbons (Fsp3) is 0.433. The number of carbonyl (C=O) groups is 5. The van der Waals surface area contributed by atoms with Gasteiger partial charge in [-0.05, 0) is 30.4 Å². The van der Waals surface area contributed by atoms with E-state index in [2.05, 4.69) is 10.6 Å². The normalized spacial score (nSPS) is 19.2. The monoisotopic (exact) mass is 563 g/mol. The van der Waals surface area contributed by atoms with Crippen molar-refractivity contribution < 1.29 is 29.1 Å². The molecule has 0 radical (unpaired) electrons. The van der Waals surface area contributed by atoms with E-state index in [0.717, 1.165) is 11.1 Å². The van der Waals surface area contributed by atoms with E-state index in [9.17, 15) is 29.1 Å². The predicted molar refractivity (Wildman–Crippen MR) is 150 cm³/mol. The highest BCUT2D eigenvalue weighted by molar-refractivity contribution is 5.93. The number of ketones is 1. The second-order valence-corrected chi connectivity index (χ2v) is 10.6. The molecule has 5 amide bonds. The van der Waals surface area contributed by atoms with Crippen LogP contribution in [0.5, 0.6) is 0 Å². The van der Waals surface area contributed by atoms with Crippen LogP contribution in [0.3, 0.4) is 0 Å². The molecule has 11 heteroatoms. The van der Waals surface area contributed by atoms with Gasteiger partial charge in [-0.1, -0.05) is 60.7 Å². The maximum absolute atomic E-state index is 13.9. The van der Waals surface area contributed by atoms with Gasteiger partial charge in [-0.2, -0.15) is 0 Å². The van der Waals surface area contributed by atoms with Crippen LogP contribution < -0.4 is 16.4 Å². The lowest BCUT2D eigenvalue weighted by atomic mass is 10.00. The smallest absolute Gasteiger partial charge is 0.318 e. The molecule has 2 aliphatic heterocycles. The van der Waals surface area contributed by atoms with Gasteiger partial charge in [0.2, 0.25) is 17.7 Å². The number of benzene rings is 2. The zero-order valence-electron chi connectivity index (χ0n) is 22.9. The van der Waals surface area contributed by atoms with Crippen molar-refractivity contribution in [2.24, 2.45) is 5.73 Å². The van der Waals surface area contributed by atoms with E-state index in [0.29, 0.717) is 19.4 Å². The Morgan fingerprint density at radius 3 is 2.05 bits per heavy atom.